The molecule has 1 heterocycles. The molecule has 0 aromatic heterocycles. The van der Waals surface area contributed by atoms with Crippen LogP contribution in [0.25, 0.3) is 0 Å². The summed E-state index contributed by atoms with van der Waals surface area (Å²) in [5, 5.41) is 0. The van der Waals surface area contributed by atoms with E-state index in [1.807, 2.05) is 0 Å². The first-order chi connectivity index (χ1) is 10.8. The van der Waals surface area contributed by atoms with Crippen LogP contribution in [-0.2, 0) is 15.8 Å². The van der Waals surface area contributed by atoms with Crippen molar-refractivity contribution in [2.24, 2.45) is 5.90 Å². The van der Waals surface area contributed by atoms with Gasteiger partial charge in [-0.25, -0.2) is 5.90 Å². The number of nitrogens with two attached hydrogens (primary N) is 1. The Morgan fingerprint density at radius 1 is 1.35 bits per heavy atom. The lowest BCUT2D eigenvalue weighted by Gasteiger charge is -2.32. The van der Waals surface area contributed by atoms with E-state index in [0.717, 1.165) is 6.07 Å². The average molecular weight is 332 g/mol. The van der Waals surface area contributed by atoms with Gasteiger partial charge in [-0.05, 0) is 24.6 Å². The first-order valence-corrected chi connectivity index (χ1v) is 7.25. The van der Waals surface area contributed by atoms with E-state index in [-0.39, 0.29) is 29.9 Å². The van der Waals surface area contributed by atoms with Gasteiger partial charge in [-0.3, -0.25) is 9.63 Å². The number of likely N-dealkylation sites (tertiary alicyclic amines) is 1. The Kier molecular flexibility index (Phi) is 5.48. The number of carbonyl (C=O) groups excluding carboxylic acids is 1. The molecule has 5 nitrogen and oxygen atoms in total. The normalized spacial score (nSPS) is 16.5. The standard InChI is InChI=1S/C15H19F3N2O3/c1-10-2-3-12(8-13(10)15(16,17)18)23-11-4-6-20(7-5-11)14(21)9-22-19/h2-3,8,11H,4-7,9,19H2,1H3. The number of rotatable bonds is 4. The van der Waals surface area contributed by atoms with Crippen LogP contribution >= 0.6 is 0 Å². The summed E-state index contributed by atoms with van der Waals surface area (Å²) >= 11 is 0. The number of nitrogens with zero attached hydrogens (tertiary/aromatic N) is 1. The molecule has 1 aromatic rings. The molecular weight excluding hydrogens is 313 g/mol. The molecule has 2 rings (SSSR count). The molecule has 0 saturated carbocycles. The van der Waals surface area contributed by atoms with Crippen molar-refractivity contribution in [3.05, 3.63) is 29.3 Å². The van der Waals surface area contributed by atoms with Crippen LogP contribution in [0, 0.1) is 6.92 Å². The van der Waals surface area contributed by atoms with Crippen LogP contribution in [0.15, 0.2) is 18.2 Å². The number of alkyl halides is 3. The van der Waals surface area contributed by atoms with Crippen molar-refractivity contribution < 1.29 is 27.5 Å². The maximum Gasteiger partial charge on any atom is 0.416 e. The number of aryl methyl sites for hydroxylation is 1. The highest BCUT2D eigenvalue weighted by Crippen LogP contribution is 2.34. The van der Waals surface area contributed by atoms with E-state index in [1.54, 1.807) is 4.90 Å². The zero-order valence-corrected chi connectivity index (χ0v) is 12.7. The van der Waals surface area contributed by atoms with E-state index in [4.69, 9.17) is 10.6 Å². The fourth-order valence-corrected chi connectivity index (χ4v) is 2.56. The molecule has 2 N–H and O–H groups in total. The minimum absolute atomic E-state index is 0.159. The maximum atomic E-state index is 12.9. The second kappa shape index (κ2) is 7.18. The number of halogens is 3. The molecule has 0 radical (unpaired) electrons. The third kappa shape index (κ3) is 4.59. The van der Waals surface area contributed by atoms with Crippen LogP contribution < -0.4 is 10.6 Å². The van der Waals surface area contributed by atoms with E-state index >= 15 is 0 Å². The third-order valence-corrected chi connectivity index (χ3v) is 3.82. The zero-order valence-electron chi connectivity index (χ0n) is 12.7. The molecule has 0 bridgehead atoms. The molecule has 23 heavy (non-hydrogen) atoms. The SMILES string of the molecule is Cc1ccc(OC2CCN(C(=O)CON)CC2)cc1C(F)(F)F. The molecule has 1 saturated heterocycles. The summed E-state index contributed by atoms with van der Waals surface area (Å²) in [4.78, 5) is 17.5. The van der Waals surface area contributed by atoms with Crippen molar-refractivity contribution in [3.63, 3.8) is 0 Å². The summed E-state index contributed by atoms with van der Waals surface area (Å²) in [6, 6.07) is 3.95. The second-order valence-corrected chi connectivity index (χ2v) is 5.48. The van der Waals surface area contributed by atoms with Gasteiger partial charge >= 0.3 is 6.18 Å². The van der Waals surface area contributed by atoms with Crippen molar-refractivity contribution >= 4 is 5.91 Å². The van der Waals surface area contributed by atoms with Crippen molar-refractivity contribution in [3.8, 4) is 5.75 Å². The number of hydrogen-bond donors (Lipinski definition) is 1. The van der Waals surface area contributed by atoms with Crippen LogP contribution in [-0.4, -0.2) is 36.6 Å². The molecule has 1 aromatic carbocycles. The fourth-order valence-electron chi connectivity index (χ4n) is 2.56. The first-order valence-electron chi connectivity index (χ1n) is 7.25. The predicted octanol–water partition coefficient (Wildman–Crippen LogP) is 2.27. The molecule has 1 amide bonds. The molecule has 0 aliphatic carbocycles. The van der Waals surface area contributed by atoms with Crippen molar-refractivity contribution in [2.75, 3.05) is 19.7 Å². The Balaban J connectivity index is 1.96. The third-order valence-electron chi connectivity index (χ3n) is 3.82. The van der Waals surface area contributed by atoms with Crippen molar-refractivity contribution in [1.82, 2.24) is 4.90 Å². The summed E-state index contributed by atoms with van der Waals surface area (Å²) in [6.45, 7) is 2.16. The van der Waals surface area contributed by atoms with Gasteiger partial charge in [0.1, 0.15) is 18.5 Å². The monoisotopic (exact) mass is 332 g/mol. The smallest absolute Gasteiger partial charge is 0.416 e. The number of piperidine rings is 1. The van der Waals surface area contributed by atoms with E-state index in [2.05, 4.69) is 4.84 Å². The summed E-state index contributed by atoms with van der Waals surface area (Å²) in [7, 11) is 0. The lowest BCUT2D eigenvalue weighted by molar-refractivity contribution is -0.139. The number of carbonyl (C=O) groups is 1. The second-order valence-electron chi connectivity index (χ2n) is 5.48. The largest absolute Gasteiger partial charge is 0.490 e. The van der Waals surface area contributed by atoms with Crippen molar-refractivity contribution in [1.29, 1.82) is 0 Å². The van der Waals surface area contributed by atoms with Gasteiger partial charge in [-0.1, -0.05) is 6.07 Å². The Morgan fingerprint density at radius 2 is 2.00 bits per heavy atom. The van der Waals surface area contributed by atoms with Gasteiger partial charge in [-0.15, -0.1) is 0 Å². The number of benzene rings is 1. The van der Waals surface area contributed by atoms with Gasteiger partial charge in [0.05, 0.1) is 5.56 Å². The lowest BCUT2D eigenvalue weighted by atomic mass is 10.1. The number of ether oxygens (including phenoxy) is 1. The Bertz CT molecular complexity index is 555. The minimum Gasteiger partial charge on any atom is -0.490 e. The van der Waals surface area contributed by atoms with Gasteiger partial charge < -0.3 is 9.64 Å². The highest BCUT2D eigenvalue weighted by atomic mass is 19.4. The molecule has 1 aliphatic rings. The Morgan fingerprint density at radius 3 is 2.57 bits per heavy atom. The minimum atomic E-state index is -4.40. The summed E-state index contributed by atoms with van der Waals surface area (Å²) in [5.74, 6) is 4.85. The van der Waals surface area contributed by atoms with E-state index in [0.29, 0.717) is 25.9 Å². The molecule has 0 unspecified atom stereocenters. The Labute approximate surface area is 132 Å². The molecule has 0 atom stereocenters. The van der Waals surface area contributed by atoms with Gasteiger partial charge in [0.25, 0.3) is 5.91 Å². The topological polar surface area (TPSA) is 64.8 Å². The lowest BCUT2D eigenvalue weighted by Crippen LogP contribution is -2.43. The van der Waals surface area contributed by atoms with Crippen LogP contribution in [0.5, 0.6) is 5.75 Å². The Hall–Kier alpha value is -1.80. The van der Waals surface area contributed by atoms with Crippen molar-refractivity contribution in [2.45, 2.75) is 32.0 Å². The molecule has 0 spiro atoms. The molecule has 128 valence electrons. The van der Waals surface area contributed by atoms with Crippen LogP contribution in [0.4, 0.5) is 13.2 Å². The molecule has 8 heteroatoms. The first kappa shape index (κ1) is 17.6. The molecule has 1 fully saturated rings. The van der Waals surface area contributed by atoms with E-state index in [9.17, 15) is 18.0 Å². The molecule has 1 aliphatic heterocycles. The number of hydrogen-bond acceptors (Lipinski definition) is 4. The summed E-state index contributed by atoms with van der Waals surface area (Å²) in [6.07, 6.45) is -3.53. The summed E-state index contributed by atoms with van der Waals surface area (Å²) < 4.78 is 44.3. The summed E-state index contributed by atoms with van der Waals surface area (Å²) in [5.41, 5.74) is -0.533. The van der Waals surface area contributed by atoms with Gasteiger partial charge in [0, 0.05) is 25.9 Å². The zero-order chi connectivity index (χ0) is 17.0. The highest BCUT2D eigenvalue weighted by Gasteiger charge is 2.33. The number of amides is 1. The highest BCUT2D eigenvalue weighted by molar-refractivity contribution is 5.77. The van der Waals surface area contributed by atoms with Crippen LogP contribution in [0.2, 0.25) is 0 Å². The average Bonchev–Trinajstić information content (AvgIpc) is 2.49. The van der Waals surface area contributed by atoms with Gasteiger partial charge in [-0.2, -0.15) is 13.2 Å². The van der Waals surface area contributed by atoms with Gasteiger partial charge in [0.2, 0.25) is 0 Å². The quantitative estimate of drug-likeness (QED) is 0.859. The van der Waals surface area contributed by atoms with E-state index < -0.39 is 11.7 Å². The van der Waals surface area contributed by atoms with E-state index in [1.165, 1.54) is 19.1 Å². The fraction of sp³-hybridized carbons (Fsp3) is 0.533. The van der Waals surface area contributed by atoms with Gasteiger partial charge in [0.15, 0.2) is 0 Å². The molecular formula is C15H19F3N2O3. The maximum absolute atomic E-state index is 12.9. The van der Waals surface area contributed by atoms with Crippen LogP contribution in [0.3, 0.4) is 0 Å². The van der Waals surface area contributed by atoms with Crippen LogP contribution in [0.1, 0.15) is 24.0 Å². The predicted molar refractivity (Wildman–Crippen MR) is 76.6 cm³/mol.